The molecule has 0 bridgehead atoms. The van der Waals surface area contributed by atoms with E-state index in [0.717, 1.165) is 18.7 Å². The molecule has 0 spiro atoms. The summed E-state index contributed by atoms with van der Waals surface area (Å²) in [6, 6.07) is 1.79. The van der Waals surface area contributed by atoms with E-state index in [-0.39, 0.29) is 11.3 Å². The Morgan fingerprint density at radius 3 is 2.80 bits per heavy atom. The van der Waals surface area contributed by atoms with Crippen LogP contribution >= 0.6 is 11.6 Å². The van der Waals surface area contributed by atoms with Gasteiger partial charge in [-0.2, -0.15) is 0 Å². The van der Waals surface area contributed by atoms with E-state index in [0.29, 0.717) is 17.9 Å². The average Bonchev–Trinajstić information content (AvgIpc) is 2.71. The van der Waals surface area contributed by atoms with Crippen LogP contribution in [-0.2, 0) is 0 Å². The maximum absolute atomic E-state index is 12.0. The Hall–Kier alpha value is -0.960. The average molecular weight is 228 g/mol. The van der Waals surface area contributed by atoms with Crippen molar-refractivity contribution < 1.29 is 9.21 Å². The SMILES string of the molecule is Cc1cc(C(=O)N2CCC(Cl)C2)c(C)o1. The molecule has 0 N–H and O–H groups in total. The van der Waals surface area contributed by atoms with Crippen LogP contribution in [0.4, 0.5) is 0 Å². The Morgan fingerprint density at radius 1 is 1.60 bits per heavy atom. The Balaban J connectivity index is 2.17. The molecule has 15 heavy (non-hydrogen) atoms. The van der Waals surface area contributed by atoms with Crippen LogP contribution in [0.25, 0.3) is 0 Å². The number of furan rings is 1. The number of carbonyl (C=O) groups is 1. The first-order valence-electron chi connectivity index (χ1n) is 5.08. The van der Waals surface area contributed by atoms with Gasteiger partial charge in [0.1, 0.15) is 11.5 Å². The number of aryl methyl sites for hydroxylation is 2. The molecule has 1 aromatic heterocycles. The number of hydrogen-bond donors (Lipinski definition) is 0. The fourth-order valence-corrected chi connectivity index (χ4v) is 2.18. The highest BCUT2D eigenvalue weighted by molar-refractivity contribution is 6.21. The normalized spacial score (nSPS) is 21.0. The molecule has 0 aliphatic carbocycles. The third kappa shape index (κ3) is 2.02. The van der Waals surface area contributed by atoms with Crippen molar-refractivity contribution in [3.63, 3.8) is 0 Å². The second-order valence-corrected chi connectivity index (χ2v) is 4.58. The maximum Gasteiger partial charge on any atom is 0.257 e. The summed E-state index contributed by atoms with van der Waals surface area (Å²) in [5.74, 6) is 1.50. The van der Waals surface area contributed by atoms with Gasteiger partial charge < -0.3 is 9.32 Å². The van der Waals surface area contributed by atoms with E-state index < -0.39 is 0 Å². The summed E-state index contributed by atoms with van der Waals surface area (Å²) in [5, 5.41) is 0.0993. The zero-order chi connectivity index (χ0) is 11.0. The largest absolute Gasteiger partial charge is 0.466 e. The van der Waals surface area contributed by atoms with Crippen molar-refractivity contribution in [1.82, 2.24) is 4.90 Å². The fourth-order valence-electron chi connectivity index (χ4n) is 1.92. The van der Waals surface area contributed by atoms with Crippen LogP contribution in [0, 0.1) is 13.8 Å². The molecule has 0 aromatic carbocycles. The summed E-state index contributed by atoms with van der Waals surface area (Å²) in [7, 11) is 0. The number of hydrogen-bond acceptors (Lipinski definition) is 2. The van der Waals surface area contributed by atoms with Crippen LogP contribution in [0.15, 0.2) is 10.5 Å². The molecule has 1 unspecified atom stereocenters. The predicted octanol–water partition coefficient (Wildman–Crippen LogP) is 2.35. The first-order valence-corrected chi connectivity index (χ1v) is 5.52. The standard InChI is InChI=1S/C11H14ClNO2/c1-7-5-10(8(2)15-7)11(14)13-4-3-9(12)6-13/h5,9H,3-4,6H2,1-2H3. The molecule has 2 heterocycles. The van der Waals surface area contributed by atoms with Gasteiger partial charge in [-0.1, -0.05) is 0 Å². The molecule has 1 fully saturated rings. The number of alkyl halides is 1. The van der Waals surface area contributed by atoms with Crippen molar-refractivity contribution in [2.24, 2.45) is 0 Å². The molecule has 2 rings (SSSR count). The summed E-state index contributed by atoms with van der Waals surface area (Å²) in [6.45, 7) is 5.05. The molecule has 0 radical (unpaired) electrons. The minimum atomic E-state index is 0.0347. The van der Waals surface area contributed by atoms with E-state index in [4.69, 9.17) is 16.0 Å². The second-order valence-electron chi connectivity index (χ2n) is 3.96. The van der Waals surface area contributed by atoms with Crippen LogP contribution in [-0.4, -0.2) is 29.3 Å². The van der Waals surface area contributed by atoms with Crippen LogP contribution in [0.2, 0.25) is 0 Å². The van der Waals surface area contributed by atoms with Gasteiger partial charge >= 0.3 is 0 Å². The molecule has 4 heteroatoms. The first kappa shape index (κ1) is 10.6. The quantitative estimate of drug-likeness (QED) is 0.690. The lowest BCUT2D eigenvalue weighted by molar-refractivity contribution is 0.0791. The number of halogens is 1. The van der Waals surface area contributed by atoms with Gasteiger partial charge in [0.15, 0.2) is 0 Å². The van der Waals surface area contributed by atoms with E-state index in [1.165, 1.54) is 0 Å². The summed E-state index contributed by atoms with van der Waals surface area (Å²) in [6.07, 6.45) is 0.878. The smallest absolute Gasteiger partial charge is 0.257 e. The van der Waals surface area contributed by atoms with Gasteiger partial charge in [0.25, 0.3) is 5.91 Å². The Kier molecular flexibility index (Phi) is 2.74. The lowest BCUT2D eigenvalue weighted by Gasteiger charge is -2.14. The highest BCUT2D eigenvalue weighted by Gasteiger charge is 2.27. The van der Waals surface area contributed by atoms with Crippen molar-refractivity contribution in [2.45, 2.75) is 25.6 Å². The summed E-state index contributed by atoms with van der Waals surface area (Å²) in [5.41, 5.74) is 0.665. The molecule has 1 saturated heterocycles. The Bertz CT molecular complexity index is 386. The van der Waals surface area contributed by atoms with Gasteiger partial charge in [-0.3, -0.25) is 4.79 Å². The van der Waals surface area contributed by atoms with Gasteiger partial charge in [0.05, 0.1) is 10.9 Å². The minimum Gasteiger partial charge on any atom is -0.466 e. The van der Waals surface area contributed by atoms with E-state index >= 15 is 0 Å². The third-order valence-corrected chi connectivity index (χ3v) is 3.05. The van der Waals surface area contributed by atoms with E-state index in [9.17, 15) is 4.79 Å². The number of rotatable bonds is 1. The van der Waals surface area contributed by atoms with Crippen LogP contribution in [0.1, 0.15) is 28.3 Å². The van der Waals surface area contributed by atoms with Gasteiger partial charge in [0.2, 0.25) is 0 Å². The van der Waals surface area contributed by atoms with Crippen LogP contribution in [0.3, 0.4) is 0 Å². The van der Waals surface area contributed by atoms with Crippen molar-refractivity contribution in [1.29, 1.82) is 0 Å². The molecule has 3 nitrogen and oxygen atoms in total. The molecule has 82 valence electrons. The molecule has 1 atom stereocenters. The number of amides is 1. The minimum absolute atomic E-state index is 0.0347. The molecular weight excluding hydrogens is 214 g/mol. The molecule has 0 saturated carbocycles. The topological polar surface area (TPSA) is 33.5 Å². The van der Waals surface area contributed by atoms with E-state index in [1.54, 1.807) is 11.0 Å². The van der Waals surface area contributed by atoms with E-state index in [2.05, 4.69) is 0 Å². The number of likely N-dealkylation sites (tertiary alicyclic amines) is 1. The maximum atomic E-state index is 12.0. The van der Waals surface area contributed by atoms with Gasteiger partial charge in [0, 0.05) is 13.1 Å². The Morgan fingerprint density at radius 2 is 2.33 bits per heavy atom. The van der Waals surface area contributed by atoms with Gasteiger partial charge in [-0.25, -0.2) is 0 Å². The lowest BCUT2D eigenvalue weighted by atomic mass is 10.2. The monoisotopic (exact) mass is 227 g/mol. The zero-order valence-corrected chi connectivity index (χ0v) is 9.67. The molecule has 1 aromatic rings. The predicted molar refractivity (Wildman–Crippen MR) is 58.3 cm³/mol. The first-order chi connectivity index (χ1) is 7.08. The molecule has 1 aliphatic heterocycles. The number of carbonyl (C=O) groups excluding carboxylic acids is 1. The van der Waals surface area contributed by atoms with Gasteiger partial charge in [-0.05, 0) is 26.3 Å². The highest BCUT2D eigenvalue weighted by atomic mass is 35.5. The summed E-state index contributed by atoms with van der Waals surface area (Å²) < 4.78 is 5.34. The number of nitrogens with zero attached hydrogens (tertiary/aromatic N) is 1. The Labute approximate surface area is 94.0 Å². The molecular formula is C11H14ClNO2. The second kappa shape index (κ2) is 3.89. The summed E-state index contributed by atoms with van der Waals surface area (Å²) >= 11 is 5.97. The van der Waals surface area contributed by atoms with Crippen molar-refractivity contribution in [3.8, 4) is 0 Å². The van der Waals surface area contributed by atoms with Crippen LogP contribution < -0.4 is 0 Å². The fraction of sp³-hybridized carbons (Fsp3) is 0.545. The summed E-state index contributed by atoms with van der Waals surface area (Å²) in [4.78, 5) is 13.8. The van der Waals surface area contributed by atoms with E-state index in [1.807, 2.05) is 13.8 Å². The third-order valence-electron chi connectivity index (χ3n) is 2.69. The highest BCUT2D eigenvalue weighted by Crippen LogP contribution is 2.21. The molecule has 1 amide bonds. The molecule has 1 aliphatic rings. The van der Waals surface area contributed by atoms with Crippen molar-refractivity contribution in [3.05, 3.63) is 23.2 Å². The van der Waals surface area contributed by atoms with Crippen molar-refractivity contribution >= 4 is 17.5 Å². The lowest BCUT2D eigenvalue weighted by Crippen LogP contribution is -2.28. The van der Waals surface area contributed by atoms with Crippen LogP contribution in [0.5, 0.6) is 0 Å². The van der Waals surface area contributed by atoms with Crippen molar-refractivity contribution in [2.75, 3.05) is 13.1 Å². The van der Waals surface area contributed by atoms with Gasteiger partial charge in [-0.15, -0.1) is 11.6 Å². The zero-order valence-electron chi connectivity index (χ0n) is 8.92.